The Labute approximate surface area is 119 Å². The molecule has 1 fully saturated rings. The number of likely N-dealkylation sites (tertiary alicyclic amines) is 1. The number of nitrogens with zero attached hydrogens (tertiary/aromatic N) is 1. The van der Waals surface area contributed by atoms with E-state index in [-0.39, 0.29) is 6.03 Å². The Bertz CT molecular complexity index is 304. The predicted octanol–water partition coefficient (Wildman–Crippen LogP) is 2.02. The first-order valence-electron chi connectivity index (χ1n) is 6.85. The van der Waals surface area contributed by atoms with E-state index in [1.807, 2.05) is 6.26 Å². The fourth-order valence-corrected chi connectivity index (χ4v) is 2.75. The first kappa shape index (κ1) is 16.1. The third-order valence-corrected chi connectivity index (χ3v) is 4.33. The van der Waals surface area contributed by atoms with Gasteiger partial charge >= 0.3 is 12.0 Å². The van der Waals surface area contributed by atoms with Crippen LogP contribution in [0.4, 0.5) is 4.79 Å². The molecule has 1 heterocycles. The molecular weight excluding hydrogens is 264 g/mol. The zero-order valence-electron chi connectivity index (χ0n) is 11.7. The van der Waals surface area contributed by atoms with Crippen LogP contribution in [-0.4, -0.2) is 53.1 Å². The highest BCUT2D eigenvalue weighted by Crippen LogP contribution is 2.19. The number of hydrogen-bond acceptors (Lipinski definition) is 3. The number of carbonyl (C=O) groups excluding carboxylic acids is 1. The second-order valence-electron chi connectivity index (χ2n) is 4.96. The Morgan fingerprint density at radius 2 is 2.05 bits per heavy atom. The van der Waals surface area contributed by atoms with E-state index >= 15 is 0 Å². The molecule has 0 aromatic carbocycles. The molecule has 0 radical (unpaired) electrons. The number of carboxylic acid groups (broad SMARTS) is 1. The molecular formula is C13H24N2O3S. The van der Waals surface area contributed by atoms with Gasteiger partial charge in [-0.3, -0.25) is 0 Å². The van der Waals surface area contributed by atoms with Gasteiger partial charge in [0.2, 0.25) is 0 Å². The van der Waals surface area contributed by atoms with Crippen LogP contribution in [0.5, 0.6) is 0 Å². The summed E-state index contributed by atoms with van der Waals surface area (Å²) in [6.45, 7) is 3.64. The molecule has 0 saturated carbocycles. The summed E-state index contributed by atoms with van der Waals surface area (Å²) in [6, 6.07) is -1.01. The first-order chi connectivity index (χ1) is 9.08. The van der Waals surface area contributed by atoms with Crippen molar-refractivity contribution in [3.05, 3.63) is 0 Å². The van der Waals surface area contributed by atoms with E-state index in [0.29, 0.717) is 12.3 Å². The standard InChI is InChI=1S/C13H24N2O3S/c1-3-10-4-7-15(8-5-10)13(18)14-11(12(16)17)6-9-19-2/h10-11H,3-9H2,1-2H3,(H,14,18)(H,16,17). The lowest BCUT2D eigenvalue weighted by Crippen LogP contribution is -2.50. The second-order valence-corrected chi connectivity index (χ2v) is 5.95. The molecule has 1 aliphatic heterocycles. The topological polar surface area (TPSA) is 69.6 Å². The van der Waals surface area contributed by atoms with Crippen molar-refractivity contribution in [2.24, 2.45) is 5.92 Å². The molecule has 2 N–H and O–H groups in total. The number of piperidine rings is 1. The van der Waals surface area contributed by atoms with Gasteiger partial charge in [-0.25, -0.2) is 9.59 Å². The molecule has 0 spiro atoms. The van der Waals surface area contributed by atoms with Crippen LogP contribution in [0.15, 0.2) is 0 Å². The second kappa shape index (κ2) is 8.30. The van der Waals surface area contributed by atoms with Crippen LogP contribution in [0.25, 0.3) is 0 Å². The van der Waals surface area contributed by atoms with Crippen molar-refractivity contribution in [1.29, 1.82) is 0 Å². The van der Waals surface area contributed by atoms with Crippen molar-refractivity contribution in [3.63, 3.8) is 0 Å². The molecule has 0 aromatic rings. The highest BCUT2D eigenvalue weighted by molar-refractivity contribution is 7.98. The lowest BCUT2D eigenvalue weighted by atomic mass is 9.95. The van der Waals surface area contributed by atoms with Crippen molar-refractivity contribution in [1.82, 2.24) is 10.2 Å². The van der Waals surface area contributed by atoms with Crippen molar-refractivity contribution in [3.8, 4) is 0 Å². The minimum atomic E-state index is -0.953. The Morgan fingerprint density at radius 3 is 2.53 bits per heavy atom. The van der Waals surface area contributed by atoms with Crippen LogP contribution in [0.2, 0.25) is 0 Å². The van der Waals surface area contributed by atoms with Crippen LogP contribution in [-0.2, 0) is 4.79 Å². The van der Waals surface area contributed by atoms with Gasteiger partial charge in [-0.15, -0.1) is 0 Å². The molecule has 6 heteroatoms. The van der Waals surface area contributed by atoms with Crippen LogP contribution in [0.1, 0.15) is 32.6 Å². The molecule has 0 bridgehead atoms. The van der Waals surface area contributed by atoms with Gasteiger partial charge in [0.05, 0.1) is 0 Å². The molecule has 1 rings (SSSR count). The summed E-state index contributed by atoms with van der Waals surface area (Å²) in [5.74, 6) is 0.483. The molecule has 1 unspecified atom stereocenters. The van der Waals surface area contributed by atoms with Gasteiger partial charge in [0.1, 0.15) is 6.04 Å². The highest BCUT2D eigenvalue weighted by Gasteiger charge is 2.25. The molecule has 1 atom stereocenters. The number of nitrogens with one attached hydrogen (secondary N) is 1. The van der Waals surface area contributed by atoms with E-state index in [1.165, 1.54) is 0 Å². The van der Waals surface area contributed by atoms with E-state index in [1.54, 1.807) is 16.7 Å². The van der Waals surface area contributed by atoms with Crippen molar-refractivity contribution in [2.45, 2.75) is 38.6 Å². The maximum atomic E-state index is 12.0. The minimum absolute atomic E-state index is 0.233. The number of hydrogen-bond donors (Lipinski definition) is 2. The summed E-state index contributed by atoms with van der Waals surface area (Å²) in [5.41, 5.74) is 0. The van der Waals surface area contributed by atoms with Gasteiger partial charge in [-0.2, -0.15) is 11.8 Å². The summed E-state index contributed by atoms with van der Waals surface area (Å²) in [5, 5.41) is 11.7. The highest BCUT2D eigenvalue weighted by atomic mass is 32.2. The van der Waals surface area contributed by atoms with E-state index in [0.717, 1.165) is 38.1 Å². The lowest BCUT2D eigenvalue weighted by molar-refractivity contribution is -0.139. The number of aliphatic carboxylic acids is 1. The third-order valence-electron chi connectivity index (χ3n) is 3.69. The van der Waals surface area contributed by atoms with Gasteiger partial charge in [0.15, 0.2) is 0 Å². The zero-order chi connectivity index (χ0) is 14.3. The molecule has 0 aliphatic carbocycles. The molecule has 1 saturated heterocycles. The number of rotatable bonds is 6. The first-order valence-corrected chi connectivity index (χ1v) is 8.25. The third kappa shape index (κ3) is 5.30. The molecule has 1 aliphatic rings. The summed E-state index contributed by atoms with van der Waals surface area (Å²) in [4.78, 5) is 24.8. The van der Waals surface area contributed by atoms with E-state index in [2.05, 4.69) is 12.2 Å². The van der Waals surface area contributed by atoms with Crippen molar-refractivity contribution >= 4 is 23.8 Å². The van der Waals surface area contributed by atoms with Crippen molar-refractivity contribution < 1.29 is 14.7 Å². The van der Waals surface area contributed by atoms with Gasteiger partial charge in [0, 0.05) is 13.1 Å². The lowest BCUT2D eigenvalue weighted by Gasteiger charge is -2.32. The van der Waals surface area contributed by atoms with E-state index in [9.17, 15) is 9.59 Å². The number of carboxylic acids is 1. The summed E-state index contributed by atoms with van der Waals surface area (Å²) in [7, 11) is 0. The largest absolute Gasteiger partial charge is 0.480 e. The SMILES string of the molecule is CCC1CCN(C(=O)NC(CCSC)C(=O)O)CC1. The molecule has 0 aromatic heterocycles. The summed E-state index contributed by atoms with van der Waals surface area (Å²) < 4.78 is 0. The Hall–Kier alpha value is -0.910. The Morgan fingerprint density at radius 1 is 1.42 bits per heavy atom. The van der Waals surface area contributed by atoms with Crippen LogP contribution in [0.3, 0.4) is 0 Å². The van der Waals surface area contributed by atoms with Crippen LogP contribution in [0, 0.1) is 5.92 Å². The van der Waals surface area contributed by atoms with Gasteiger partial charge in [0.25, 0.3) is 0 Å². The Kier molecular flexibility index (Phi) is 7.05. The number of amides is 2. The summed E-state index contributed by atoms with van der Waals surface area (Å²) in [6.07, 6.45) is 5.59. The maximum Gasteiger partial charge on any atom is 0.326 e. The number of thioether (sulfide) groups is 1. The average molecular weight is 288 g/mol. The monoisotopic (exact) mass is 288 g/mol. The predicted molar refractivity (Wildman–Crippen MR) is 77.5 cm³/mol. The minimum Gasteiger partial charge on any atom is -0.480 e. The zero-order valence-corrected chi connectivity index (χ0v) is 12.5. The van der Waals surface area contributed by atoms with Gasteiger partial charge in [-0.05, 0) is 37.2 Å². The smallest absolute Gasteiger partial charge is 0.326 e. The van der Waals surface area contributed by atoms with E-state index in [4.69, 9.17) is 5.11 Å². The van der Waals surface area contributed by atoms with Crippen LogP contribution >= 0.6 is 11.8 Å². The number of carbonyl (C=O) groups is 2. The fraction of sp³-hybridized carbons (Fsp3) is 0.846. The quantitative estimate of drug-likeness (QED) is 0.784. The van der Waals surface area contributed by atoms with E-state index < -0.39 is 12.0 Å². The average Bonchev–Trinajstić information content (AvgIpc) is 2.43. The normalized spacial score (nSPS) is 18.1. The fourth-order valence-electron chi connectivity index (χ4n) is 2.28. The molecule has 2 amide bonds. The summed E-state index contributed by atoms with van der Waals surface area (Å²) >= 11 is 1.59. The maximum absolute atomic E-state index is 12.0. The number of urea groups is 1. The van der Waals surface area contributed by atoms with Crippen LogP contribution < -0.4 is 5.32 Å². The van der Waals surface area contributed by atoms with Gasteiger partial charge in [-0.1, -0.05) is 13.3 Å². The molecule has 19 heavy (non-hydrogen) atoms. The Balaban J connectivity index is 2.42. The van der Waals surface area contributed by atoms with Crippen molar-refractivity contribution in [2.75, 3.05) is 25.1 Å². The molecule has 110 valence electrons. The molecule has 5 nitrogen and oxygen atoms in total. The van der Waals surface area contributed by atoms with Gasteiger partial charge < -0.3 is 15.3 Å².